The molecule has 266 valence electrons. The summed E-state index contributed by atoms with van der Waals surface area (Å²) >= 11 is 9.40. The zero-order valence-corrected chi connectivity index (χ0v) is 34.0. The van der Waals surface area contributed by atoms with Crippen LogP contribution in [0.2, 0.25) is 0 Å². The number of benzene rings is 4. The third-order valence-corrected chi connectivity index (χ3v) is 21.4. The molecular formula is C45H59ClNPPd. The molecule has 2 N–H and O–H groups in total. The number of anilines is 1. The van der Waals surface area contributed by atoms with Gasteiger partial charge in [0.1, 0.15) is 0 Å². The summed E-state index contributed by atoms with van der Waals surface area (Å²) in [6.45, 7) is 14.2. The first-order valence-corrected chi connectivity index (χ1v) is 22.3. The summed E-state index contributed by atoms with van der Waals surface area (Å²) in [5, 5.41) is 2.84. The van der Waals surface area contributed by atoms with Gasteiger partial charge in [0, 0.05) is 20.4 Å². The van der Waals surface area contributed by atoms with E-state index in [4.69, 9.17) is 5.73 Å². The topological polar surface area (TPSA) is 26.0 Å². The van der Waals surface area contributed by atoms with Crippen molar-refractivity contribution in [1.29, 1.82) is 0 Å². The predicted molar refractivity (Wildman–Crippen MR) is 216 cm³/mol. The van der Waals surface area contributed by atoms with Crippen LogP contribution in [0.4, 0.5) is 5.69 Å². The number of rotatable bonds is 9. The number of para-hydroxylation sites is 1. The van der Waals surface area contributed by atoms with Crippen LogP contribution in [-0.2, 0) is 20.4 Å². The Bertz CT molecular complexity index is 1680. The molecule has 0 aromatic heterocycles. The number of hydrogen-bond acceptors (Lipinski definition) is 1. The van der Waals surface area contributed by atoms with Gasteiger partial charge in [0.05, 0.1) is 0 Å². The summed E-state index contributed by atoms with van der Waals surface area (Å²) in [5.74, 6) is -2.24. The van der Waals surface area contributed by atoms with Gasteiger partial charge in [0.25, 0.3) is 0 Å². The number of hydrogen-bond donors (Lipinski definition) is 1. The third-order valence-electron chi connectivity index (χ3n) is 12.0. The maximum atomic E-state index is 9.40. The fourth-order valence-corrected chi connectivity index (χ4v) is 18.9. The van der Waals surface area contributed by atoms with Gasteiger partial charge in [-0.2, -0.15) is 0 Å². The van der Waals surface area contributed by atoms with Crippen LogP contribution in [0, 0.1) is 0 Å². The molecule has 0 atom stereocenters. The van der Waals surface area contributed by atoms with Crippen LogP contribution in [0.25, 0.3) is 22.3 Å². The van der Waals surface area contributed by atoms with Crippen molar-refractivity contribution in [1.82, 2.24) is 0 Å². The van der Waals surface area contributed by atoms with Crippen molar-refractivity contribution in [3.8, 4) is 22.3 Å². The molecule has 4 heteroatoms. The molecule has 0 unspecified atom stereocenters. The molecule has 4 aromatic carbocycles. The molecule has 2 fully saturated rings. The molecule has 0 bridgehead atoms. The molecule has 2 aliphatic carbocycles. The van der Waals surface area contributed by atoms with Crippen LogP contribution in [0.1, 0.15) is 140 Å². The molecule has 2 aliphatic rings. The predicted octanol–water partition coefficient (Wildman–Crippen LogP) is 13.3. The van der Waals surface area contributed by atoms with Crippen LogP contribution in [0.15, 0.2) is 84.9 Å². The zero-order chi connectivity index (χ0) is 34.1. The summed E-state index contributed by atoms with van der Waals surface area (Å²) in [4.78, 5) is 0. The van der Waals surface area contributed by atoms with Crippen LogP contribution in [-0.4, -0.2) is 11.3 Å². The van der Waals surface area contributed by atoms with Crippen LogP contribution >= 0.6 is 17.2 Å². The molecule has 6 rings (SSSR count). The van der Waals surface area contributed by atoms with Gasteiger partial charge in [-0.15, -0.1) is 0 Å². The Morgan fingerprint density at radius 1 is 0.551 bits per heavy atom. The first kappa shape index (κ1) is 38.3. The normalized spacial score (nSPS) is 17.2. The molecule has 0 radical (unpaired) electrons. The maximum Gasteiger partial charge on any atom is 0 e. The van der Waals surface area contributed by atoms with Gasteiger partial charge in [-0.05, 0) is 0 Å². The molecule has 0 spiro atoms. The third kappa shape index (κ3) is 6.75. The minimum absolute atomic E-state index is 0. The summed E-state index contributed by atoms with van der Waals surface area (Å²) in [5.41, 5.74) is 18.1. The first-order chi connectivity index (χ1) is 23.1. The van der Waals surface area contributed by atoms with Gasteiger partial charge >= 0.3 is 298 Å². The molecule has 0 amide bonds. The SMILES string of the molecule is CC(C)c1cc(C(C)C)c(-c2ccccc2P(Cl)(c2ccccc2-c2ccccc2N)(C2CCCCC2)C2CCCCC2)c(C(C)C)c1.[Pd]. The van der Waals surface area contributed by atoms with Crippen LogP contribution < -0.4 is 16.3 Å². The number of halogens is 1. The van der Waals surface area contributed by atoms with E-state index in [9.17, 15) is 11.2 Å². The van der Waals surface area contributed by atoms with Gasteiger partial charge in [-0.3, -0.25) is 0 Å². The fourth-order valence-electron chi connectivity index (χ4n) is 9.57. The molecule has 0 saturated heterocycles. The van der Waals surface area contributed by atoms with Crippen molar-refractivity contribution >= 4 is 33.5 Å². The number of nitrogen functional groups attached to an aromatic ring is 1. The molecule has 1 nitrogen and oxygen atoms in total. The Morgan fingerprint density at radius 2 is 0.959 bits per heavy atom. The quantitative estimate of drug-likeness (QED) is 0.102. The van der Waals surface area contributed by atoms with Crippen molar-refractivity contribution in [3.63, 3.8) is 0 Å². The second kappa shape index (κ2) is 15.8. The van der Waals surface area contributed by atoms with E-state index in [1.165, 1.54) is 108 Å². The van der Waals surface area contributed by atoms with Gasteiger partial charge < -0.3 is 0 Å². The van der Waals surface area contributed by atoms with E-state index in [-0.39, 0.29) is 20.4 Å². The Hall–Kier alpha value is -1.94. The molecule has 0 heterocycles. The van der Waals surface area contributed by atoms with E-state index in [0.29, 0.717) is 29.1 Å². The molecule has 0 aliphatic heterocycles. The van der Waals surface area contributed by atoms with Crippen LogP contribution in [0.5, 0.6) is 0 Å². The first-order valence-electron chi connectivity index (χ1n) is 19.0. The summed E-state index contributed by atoms with van der Waals surface area (Å²) in [6, 6.07) is 32.3. The minimum Gasteiger partial charge on any atom is 0 e. The smallest absolute Gasteiger partial charge is 0 e. The van der Waals surface area contributed by atoms with Gasteiger partial charge in [0.2, 0.25) is 0 Å². The maximum absolute atomic E-state index is 9.40. The van der Waals surface area contributed by atoms with Crippen molar-refractivity contribution in [2.75, 3.05) is 5.73 Å². The monoisotopic (exact) mass is 785 g/mol. The Balaban J connectivity index is 0.00000468. The van der Waals surface area contributed by atoms with Crippen molar-refractivity contribution in [2.45, 2.75) is 135 Å². The molecule has 2 saturated carbocycles. The standard InChI is InChI=1S/C45H59ClNP.Pd/c1-31(2)34-29-40(32(3)4)45(41(30-34)33(5)6)39-25-15-18-28-44(39)48(46,35-19-9-7-10-20-35,36-21-11-8-12-22-36)43-27-17-14-24-38(43)37-23-13-16-26-42(37)47;/h13-18,23-33,35-36H,7-12,19-22,47H2,1-6H3;. The number of nitrogens with two attached hydrogens (primary N) is 1. The van der Waals surface area contributed by atoms with Crippen LogP contribution in [0.3, 0.4) is 0 Å². The summed E-state index contributed by atoms with van der Waals surface area (Å²) in [6.07, 6.45) is 12.5. The Kier molecular flexibility index (Phi) is 12.3. The van der Waals surface area contributed by atoms with Crippen molar-refractivity contribution in [3.05, 3.63) is 102 Å². The Labute approximate surface area is 316 Å². The Morgan fingerprint density at radius 3 is 1.41 bits per heavy atom. The second-order valence-electron chi connectivity index (χ2n) is 15.9. The van der Waals surface area contributed by atoms with E-state index in [1.807, 2.05) is 0 Å². The van der Waals surface area contributed by atoms with E-state index in [1.54, 1.807) is 0 Å². The zero-order valence-electron chi connectivity index (χ0n) is 30.8. The summed E-state index contributed by atoms with van der Waals surface area (Å²) < 4.78 is 0. The second-order valence-corrected chi connectivity index (χ2v) is 22.8. The van der Waals surface area contributed by atoms with Gasteiger partial charge in [-0.25, -0.2) is 0 Å². The molecule has 4 aromatic rings. The van der Waals surface area contributed by atoms with E-state index >= 15 is 0 Å². The average molecular weight is 787 g/mol. The van der Waals surface area contributed by atoms with Gasteiger partial charge in [-0.1, -0.05) is 0 Å². The van der Waals surface area contributed by atoms with Gasteiger partial charge in [0.15, 0.2) is 0 Å². The van der Waals surface area contributed by atoms with Crippen molar-refractivity contribution in [2.24, 2.45) is 0 Å². The average Bonchev–Trinajstić information content (AvgIpc) is 3.11. The minimum atomic E-state index is -3.51. The molecule has 49 heavy (non-hydrogen) atoms. The van der Waals surface area contributed by atoms with E-state index < -0.39 is 5.96 Å². The molecular weight excluding hydrogens is 727 g/mol. The van der Waals surface area contributed by atoms with E-state index in [2.05, 4.69) is 126 Å². The van der Waals surface area contributed by atoms with E-state index in [0.717, 1.165) is 11.3 Å². The fraction of sp³-hybridized carbons (Fsp3) is 0.467. The largest absolute Gasteiger partial charge is 0 e. The summed E-state index contributed by atoms with van der Waals surface area (Å²) in [7, 11) is 0. The van der Waals surface area contributed by atoms with Crippen molar-refractivity contribution < 1.29 is 20.4 Å².